The second-order valence-corrected chi connectivity index (χ2v) is 5.62. The summed E-state index contributed by atoms with van der Waals surface area (Å²) < 4.78 is 5.96. The third-order valence-corrected chi connectivity index (χ3v) is 3.64. The summed E-state index contributed by atoms with van der Waals surface area (Å²) in [6.07, 6.45) is 1.15. The van der Waals surface area contributed by atoms with E-state index in [0.29, 0.717) is 6.04 Å². The minimum absolute atomic E-state index is 0.375. The molecule has 0 fully saturated rings. The zero-order chi connectivity index (χ0) is 15.2. The van der Waals surface area contributed by atoms with Crippen molar-refractivity contribution in [3.63, 3.8) is 0 Å². The summed E-state index contributed by atoms with van der Waals surface area (Å²) in [6.45, 7) is 9.59. The molecule has 0 amide bonds. The first-order chi connectivity index (χ1) is 10.1. The highest BCUT2D eigenvalue weighted by atomic mass is 16.5. The number of ether oxygens (including phenoxy) is 1. The highest BCUT2D eigenvalue weighted by Gasteiger charge is 2.05. The van der Waals surface area contributed by atoms with Crippen molar-refractivity contribution in [3.8, 4) is 11.5 Å². The van der Waals surface area contributed by atoms with Crippen LogP contribution in [0.3, 0.4) is 0 Å². The summed E-state index contributed by atoms with van der Waals surface area (Å²) in [5.74, 6) is 1.80. The maximum atomic E-state index is 5.96. The molecule has 2 aromatic carbocycles. The van der Waals surface area contributed by atoms with Crippen molar-refractivity contribution in [1.82, 2.24) is 5.32 Å². The van der Waals surface area contributed by atoms with Gasteiger partial charge in [-0.2, -0.15) is 0 Å². The van der Waals surface area contributed by atoms with Crippen LogP contribution in [-0.4, -0.2) is 6.54 Å². The molecule has 112 valence electrons. The van der Waals surface area contributed by atoms with Gasteiger partial charge < -0.3 is 10.1 Å². The quantitative estimate of drug-likeness (QED) is 0.791. The lowest BCUT2D eigenvalue weighted by molar-refractivity contribution is 0.478. The number of benzene rings is 2. The van der Waals surface area contributed by atoms with Crippen LogP contribution < -0.4 is 10.1 Å². The van der Waals surface area contributed by atoms with Gasteiger partial charge in [-0.15, -0.1) is 0 Å². The highest BCUT2D eigenvalue weighted by Crippen LogP contribution is 2.26. The van der Waals surface area contributed by atoms with E-state index in [4.69, 9.17) is 4.74 Å². The van der Waals surface area contributed by atoms with Crippen LogP contribution in [0, 0.1) is 13.8 Å². The predicted octanol–water partition coefficient (Wildman–Crippen LogP) is 5.16. The van der Waals surface area contributed by atoms with E-state index in [1.165, 1.54) is 11.1 Å². The largest absolute Gasteiger partial charge is 0.457 e. The fourth-order valence-electron chi connectivity index (χ4n) is 2.34. The molecule has 1 atom stereocenters. The normalized spacial score (nSPS) is 12.2. The van der Waals surface area contributed by atoms with Crippen LogP contribution in [0.5, 0.6) is 11.5 Å². The SMILES string of the molecule is CCCNC(C)c1ccc(Oc2ccc(C)cc2C)cc1. The lowest BCUT2D eigenvalue weighted by atomic mass is 10.1. The number of rotatable bonds is 6. The van der Waals surface area contributed by atoms with Crippen LogP contribution in [0.2, 0.25) is 0 Å². The lowest BCUT2D eigenvalue weighted by Gasteiger charge is -2.14. The predicted molar refractivity (Wildman–Crippen MR) is 89.1 cm³/mol. The first-order valence-corrected chi connectivity index (χ1v) is 7.68. The van der Waals surface area contributed by atoms with E-state index in [9.17, 15) is 0 Å². The van der Waals surface area contributed by atoms with Crippen molar-refractivity contribution in [1.29, 1.82) is 0 Å². The highest BCUT2D eigenvalue weighted by molar-refractivity contribution is 5.40. The molecule has 2 nitrogen and oxygen atoms in total. The summed E-state index contributed by atoms with van der Waals surface area (Å²) in [7, 11) is 0. The van der Waals surface area contributed by atoms with E-state index in [1.807, 2.05) is 18.2 Å². The minimum atomic E-state index is 0.375. The molecule has 0 aliphatic rings. The van der Waals surface area contributed by atoms with Crippen LogP contribution in [0.25, 0.3) is 0 Å². The molecule has 1 N–H and O–H groups in total. The van der Waals surface area contributed by atoms with E-state index in [1.54, 1.807) is 0 Å². The van der Waals surface area contributed by atoms with E-state index in [-0.39, 0.29) is 0 Å². The van der Waals surface area contributed by atoms with Gasteiger partial charge in [-0.25, -0.2) is 0 Å². The molecule has 2 rings (SSSR count). The first kappa shape index (κ1) is 15.6. The molecule has 0 saturated carbocycles. The summed E-state index contributed by atoms with van der Waals surface area (Å²) in [6, 6.07) is 15.0. The molecule has 0 aliphatic heterocycles. The number of aryl methyl sites for hydroxylation is 2. The first-order valence-electron chi connectivity index (χ1n) is 7.68. The molecule has 0 spiro atoms. The lowest BCUT2D eigenvalue weighted by Crippen LogP contribution is -2.19. The van der Waals surface area contributed by atoms with Gasteiger partial charge in [0.05, 0.1) is 0 Å². The maximum Gasteiger partial charge on any atom is 0.130 e. The van der Waals surface area contributed by atoms with Crippen molar-refractivity contribution in [2.24, 2.45) is 0 Å². The van der Waals surface area contributed by atoms with Crippen molar-refractivity contribution in [3.05, 3.63) is 59.2 Å². The standard InChI is InChI=1S/C19H25NO/c1-5-12-20-16(4)17-7-9-18(10-8-17)21-19-11-6-14(2)13-15(19)3/h6-11,13,16,20H,5,12H2,1-4H3. The van der Waals surface area contributed by atoms with Crippen LogP contribution in [0.15, 0.2) is 42.5 Å². The van der Waals surface area contributed by atoms with Gasteiger partial charge in [0.1, 0.15) is 11.5 Å². The molecule has 2 aromatic rings. The van der Waals surface area contributed by atoms with Gasteiger partial charge in [0, 0.05) is 6.04 Å². The monoisotopic (exact) mass is 283 g/mol. The third kappa shape index (κ3) is 4.33. The van der Waals surface area contributed by atoms with Gasteiger partial charge in [0.15, 0.2) is 0 Å². The Bertz CT molecular complexity index is 575. The molecular weight excluding hydrogens is 258 g/mol. The van der Waals surface area contributed by atoms with Gasteiger partial charge in [-0.05, 0) is 63.1 Å². The van der Waals surface area contributed by atoms with Gasteiger partial charge in [-0.3, -0.25) is 0 Å². The summed E-state index contributed by atoms with van der Waals surface area (Å²) >= 11 is 0. The smallest absolute Gasteiger partial charge is 0.130 e. The van der Waals surface area contributed by atoms with Gasteiger partial charge >= 0.3 is 0 Å². The zero-order valence-electron chi connectivity index (χ0n) is 13.4. The molecule has 21 heavy (non-hydrogen) atoms. The Morgan fingerprint density at radius 1 is 1.05 bits per heavy atom. The zero-order valence-corrected chi connectivity index (χ0v) is 13.4. The van der Waals surface area contributed by atoms with Crippen LogP contribution >= 0.6 is 0 Å². The molecule has 0 aromatic heterocycles. The van der Waals surface area contributed by atoms with Crippen molar-refractivity contribution in [2.45, 2.75) is 40.2 Å². The van der Waals surface area contributed by atoms with Gasteiger partial charge in [-0.1, -0.05) is 36.8 Å². The fourth-order valence-corrected chi connectivity index (χ4v) is 2.34. The summed E-state index contributed by atoms with van der Waals surface area (Å²) in [5.41, 5.74) is 3.71. The number of hydrogen-bond donors (Lipinski definition) is 1. The van der Waals surface area contributed by atoms with Crippen molar-refractivity contribution < 1.29 is 4.74 Å². The number of nitrogens with one attached hydrogen (secondary N) is 1. The van der Waals surface area contributed by atoms with Crippen LogP contribution in [-0.2, 0) is 0 Å². The molecule has 0 saturated heterocycles. The van der Waals surface area contributed by atoms with E-state index < -0.39 is 0 Å². The molecule has 1 unspecified atom stereocenters. The third-order valence-electron chi connectivity index (χ3n) is 3.64. The maximum absolute atomic E-state index is 5.96. The van der Waals surface area contributed by atoms with Gasteiger partial charge in [0.25, 0.3) is 0 Å². The Morgan fingerprint density at radius 2 is 1.76 bits per heavy atom. The van der Waals surface area contributed by atoms with E-state index >= 15 is 0 Å². The Kier molecular flexibility index (Phi) is 5.40. The summed E-state index contributed by atoms with van der Waals surface area (Å²) in [5, 5.41) is 3.49. The van der Waals surface area contributed by atoms with E-state index in [0.717, 1.165) is 30.0 Å². The van der Waals surface area contributed by atoms with Crippen LogP contribution in [0.1, 0.15) is 43.0 Å². The van der Waals surface area contributed by atoms with E-state index in [2.05, 4.69) is 57.3 Å². The topological polar surface area (TPSA) is 21.3 Å². The van der Waals surface area contributed by atoms with Crippen molar-refractivity contribution >= 4 is 0 Å². The minimum Gasteiger partial charge on any atom is -0.457 e. The molecule has 2 heteroatoms. The molecule has 0 heterocycles. The number of hydrogen-bond acceptors (Lipinski definition) is 2. The average Bonchev–Trinajstić information content (AvgIpc) is 2.48. The van der Waals surface area contributed by atoms with Crippen LogP contribution in [0.4, 0.5) is 0 Å². The van der Waals surface area contributed by atoms with Crippen molar-refractivity contribution in [2.75, 3.05) is 6.54 Å². The second kappa shape index (κ2) is 7.28. The van der Waals surface area contributed by atoms with Gasteiger partial charge in [0.2, 0.25) is 0 Å². The Hall–Kier alpha value is -1.80. The average molecular weight is 283 g/mol. The summed E-state index contributed by atoms with van der Waals surface area (Å²) in [4.78, 5) is 0. The fraction of sp³-hybridized carbons (Fsp3) is 0.368. The molecule has 0 radical (unpaired) electrons. The molecule has 0 bridgehead atoms. The second-order valence-electron chi connectivity index (χ2n) is 5.62. The molecule has 0 aliphatic carbocycles. The Labute approximate surface area is 128 Å². The molecular formula is C19H25NO. The Morgan fingerprint density at radius 3 is 2.38 bits per heavy atom. The Balaban J connectivity index is 2.05.